The smallest absolute Gasteiger partial charge is 0.335 e. The fraction of sp³-hybridized carbons (Fsp3) is 0.105. The second-order valence-corrected chi connectivity index (χ2v) is 5.28. The lowest BCUT2D eigenvalue weighted by Gasteiger charge is -2.26. The summed E-state index contributed by atoms with van der Waals surface area (Å²) in [6.07, 6.45) is 5.97. The van der Waals surface area contributed by atoms with Crippen LogP contribution in [-0.2, 0) is 9.59 Å². The summed E-state index contributed by atoms with van der Waals surface area (Å²) in [5.41, 5.74) is 0.186. The number of urea groups is 1. The van der Waals surface area contributed by atoms with E-state index in [1.807, 2.05) is 6.92 Å². The van der Waals surface area contributed by atoms with Gasteiger partial charge in [0.2, 0.25) is 0 Å². The number of imide groups is 2. The highest BCUT2D eigenvalue weighted by Crippen LogP contribution is 2.23. The van der Waals surface area contributed by atoms with Crippen molar-refractivity contribution in [2.24, 2.45) is 0 Å². The van der Waals surface area contributed by atoms with Gasteiger partial charge in [-0.3, -0.25) is 14.9 Å². The van der Waals surface area contributed by atoms with Gasteiger partial charge in [0.15, 0.2) is 0 Å². The van der Waals surface area contributed by atoms with Gasteiger partial charge in [0, 0.05) is 0 Å². The van der Waals surface area contributed by atoms with E-state index in [4.69, 9.17) is 9.15 Å². The number of hydrogen-bond acceptors (Lipinski definition) is 5. The van der Waals surface area contributed by atoms with Crippen LogP contribution in [-0.4, -0.2) is 24.5 Å². The van der Waals surface area contributed by atoms with Gasteiger partial charge in [0.05, 0.1) is 18.6 Å². The Balaban J connectivity index is 1.85. The molecular weight excluding hydrogens is 336 g/mol. The molecule has 7 heteroatoms. The molecule has 132 valence electrons. The molecule has 7 nitrogen and oxygen atoms in total. The second kappa shape index (κ2) is 7.52. The van der Waals surface area contributed by atoms with E-state index in [2.05, 4.69) is 5.32 Å². The van der Waals surface area contributed by atoms with Crippen LogP contribution in [0.2, 0.25) is 0 Å². The molecular formula is C19H16N2O5. The van der Waals surface area contributed by atoms with Crippen LogP contribution in [0.4, 0.5) is 10.5 Å². The Morgan fingerprint density at radius 1 is 1.15 bits per heavy atom. The number of nitrogens with one attached hydrogen (secondary N) is 1. The zero-order valence-electron chi connectivity index (χ0n) is 14.0. The fourth-order valence-corrected chi connectivity index (χ4v) is 2.40. The Hall–Kier alpha value is -3.61. The molecule has 0 atom stereocenters. The number of anilines is 1. The third kappa shape index (κ3) is 3.56. The summed E-state index contributed by atoms with van der Waals surface area (Å²) in [7, 11) is 0. The lowest BCUT2D eigenvalue weighted by atomic mass is 10.1. The minimum Gasteiger partial charge on any atom is -0.494 e. The number of benzene rings is 1. The van der Waals surface area contributed by atoms with Gasteiger partial charge < -0.3 is 9.15 Å². The first kappa shape index (κ1) is 17.2. The van der Waals surface area contributed by atoms with Crippen molar-refractivity contribution in [3.63, 3.8) is 0 Å². The van der Waals surface area contributed by atoms with Gasteiger partial charge >= 0.3 is 6.03 Å². The standard InChI is InChI=1S/C19H16N2O5/c1-2-25-15-10-8-13(9-11-15)21-18(23)16(17(22)20-19(21)24)7-3-5-14-6-4-12-26-14/h3-12H,2H2,1H3,(H,20,22,24)/b5-3+,16-7+. The van der Waals surface area contributed by atoms with Crippen LogP contribution in [0.3, 0.4) is 0 Å². The molecule has 1 aliphatic heterocycles. The van der Waals surface area contributed by atoms with Crippen molar-refractivity contribution in [3.05, 3.63) is 66.1 Å². The third-order valence-corrected chi connectivity index (χ3v) is 3.57. The number of furan rings is 1. The number of ether oxygens (including phenoxy) is 1. The molecule has 2 heterocycles. The van der Waals surface area contributed by atoms with Crippen molar-refractivity contribution in [2.75, 3.05) is 11.5 Å². The molecule has 0 radical (unpaired) electrons. The van der Waals surface area contributed by atoms with E-state index in [1.165, 1.54) is 18.4 Å². The number of hydrogen-bond donors (Lipinski definition) is 1. The van der Waals surface area contributed by atoms with Crippen LogP contribution in [0.25, 0.3) is 6.08 Å². The Labute approximate surface area is 149 Å². The van der Waals surface area contributed by atoms with E-state index < -0.39 is 17.8 Å². The molecule has 0 aliphatic carbocycles. The quantitative estimate of drug-likeness (QED) is 0.660. The van der Waals surface area contributed by atoms with Gasteiger partial charge in [0.1, 0.15) is 17.1 Å². The lowest BCUT2D eigenvalue weighted by Crippen LogP contribution is -2.54. The first-order valence-electron chi connectivity index (χ1n) is 7.94. The van der Waals surface area contributed by atoms with Crippen molar-refractivity contribution in [2.45, 2.75) is 6.92 Å². The third-order valence-electron chi connectivity index (χ3n) is 3.57. The van der Waals surface area contributed by atoms with Crippen molar-refractivity contribution >= 4 is 29.6 Å². The van der Waals surface area contributed by atoms with Gasteiger partial charge in [-0.05, 0) is 55.5 Å². The Morgan fingerprint density at radius 3 is 2.58 bits per heavy atom. The summed E-state index contributed by atoms with van der Waals surface area (Å²) in [5.74, 6) is -0.252. The zero-order valence-corrected chi connectivity index (χ0v) is 14.0. The molecule has 1 N–H and O–H groups in total. The maximum Gasteiger partial charge on any atom is 0.335 e. The zero-order chi connectivity index (χ0) is 18.5. The minimum atomic E-state index is -0.795. The first-order valence-corrected chi connectivity index (χ1v) is 7.94. The van der Waals surface area contributed by atoms with Crippen LogP contribution in [0.5, 0.6) is 5.75 Å². The SMILES string of the molecule is CCOc1ccc(N2C(=O)NC(=O)/C(=C\C=C\c3ccco3)C2=O)cc1. The maximum atomic E-state index is 12.6. The van der Waals surface area contributed by atoms with Gasteiger partial charge in [-0.1, -0.05) is 6.08 Å². The number of amides is 4. The van der Waals surface area contributed by atoms with E-state index >= 15 is 0 Å². The topological polar surface area (TPSA) is 88.8 Å². The van der Waals surface area contributed by atoms with Crippen LogP contribution in [0, 0.1) is 0 Å². The van der Waals surface area contributed by atoms with Crippen molar-refractivity contribution < 1.29 is 23.5 Å². The van der Waals surface area contributed by atoms with Gasteiger partial charge in [-0.15, -0.1) is 0 Å². The molecule has 1 fully saturated rings. The highest BCUT2D eigenvalue weighted by molar-refractivity contribution is 6.37. The summed E-state index contributed by atoms with van der Waals surface area (Å²) in [6.45, 7) is 2.36. The Kier molecular flexibility index (Phi) is 4.98. The normalized spacial score (nSPS) is 16.4. The molecule has 0 bridgehead atoms. The Morgan fingerprint density at radius 2 is 1.92 bits per heavy atom. The van der Waals surface area contributed by atoms with Gasteiger partial charge in [-0.25, -0.2) is 9.69 Å². The predicted octanol–water partition coefficient (Wildman–Crippen LogP) is 2.90. The predicted molar refractivity (Wildman–Crippen MR) is 94.5 cm³/mol. The van der Waals surface area contributed by atoms with Crippen LogP contribution >= 0.6 is 0 Å². The molecule has 0 unspecified atom stereocenters. The summed E-state index contributed by atoms with van der Waals surface area (Å²) in [4.78, 5) is 37.7. The molecule has 1 aromatic heterocycles. The largest absolute Gasteiger partial charge is 0.494 e. The average molecular weight is 352 g/mol. The molecule has 1 aromatic carbocycles. The molecule has 1 saturated heterocycles. The molecule has 2 aromatic rings. The summed E-state index contributed by atoms with van der Waals surface area (Å²) < 4.78 is 10.5. The molecule has 0 saturated carbocycles. The monoisotopic (exact) mass is 352 g/mol. The average Bonchev–Trinajstić information content (AvgIpc) is 3.13. The molecule has 0 spiro atoms. The van der Waals surface area contributed by atoms with E-state index in [0.29, 0.717) is 23.8 Å². The number of carbonyl (C=O) groups excluding carboxylic acids is 3. The fourth-order valence-electron chi connectivity index (χ4n) is 2.40. The Bertz CT molecular complexity index is 879. The van der Waals surface area contributed by atoms with E-state index in [0.717, 1.165) is 4.90 Å². The number of rotatable bonds is 5. The van der Waals surface area contributed by atoms with Crippen molar-refractivity contribution in [1.29, 1.82) is 0 Å². The van der Waals surface area contributed by atoms with E-state index in [9.17, 15) is 14.4 Å². The maximum absolute atomic E-state index is 12.6. The molecule has 26 heavy (non-hydrogen) atoms. The van der Waals surface area contributed by atoms with Crippen molar-refractivity contribution in [3.8, 4) is 5.75 Å². The van der Waals surface area contributed by atoms with E-state index in [-0.39, 0.29) is 5.57 Å². The number of carbonyl (C=O) groups is 3. The molecule has 3 rings (SSSR count). The summed E-state index contributed by atoms with van der Waals surface area (Å²) >= 11 is 0. The number of allylic oxidation sites excluding steroid dienone is 2. The van der Waals surface area contributed by atoms with Gasteiger partial charge in [-0.2, -0.15) is 0 Å². The van der Waals surface area contributed by atoms with Crippen LogP contribution in [0.1, 0.15) is 12.7 Å². The molecule has 1 aliphatic rings. The highest BCUT2D eigenvalue weighted by Gasteiger charge is 2.36. The van der Waals surface area contributed by atoms with E-state index in [1.54, 1.807) is 42.5 Å². The van der Waals surface area contributed by atoms with Crippen molar-refractivity contribution in [1.82, 2.24) is 5.32 Å². The van der Waals surface area contributed by atoms with Crippen LogP contribution < -0.4 is 15.0 Å². The number of nitrogens with zero attached hydrogens (tertiary/aromatic N) is 1. The summed E-state index contributed by atoms with van der Waals surface area (Å²) in [6, 6.07) is 9.11. The number of barbiturate groups is 1. The highest BCUT2D eigenvalue weighted by atomic mass is 16.5. The first-order chi connectivity index (χ1) is 12.6. The molecule has 4 amide bonds. The second-order valence-electron chi connectivity index (χ2n) is 5.28. The lowest BCUT2D eigenvalue weighted by molar-refractivity contribution is -0.122. The summed E-state index contributed by atoms with van der Waals surface area (Å²) in [5, 5.41) is 2.16. The minimum absolute atomic E-state index is 0.152. The van der Waals surface area contributed by atoms with Gasteiger partial charge in [0.25, 0.3) is 11.8 Å². The van der Waals surface area contributed by atoms with Crippen LogP contribution in [0.15, 0.2) is 64.8 Å².